The van der Waals surface area contributed by atoms with E-state index in [1.807, 2.05) is 12.1 Å². The number of nitrogens with two attached hydrogens (primary N) is 1. The first kappa shape index (κ1) is 12.2. The van der Waals surface area contributed by atoms with Crippen LogP contribution in [0.2, 0.25) is 0 Å². The summed E-state index contributed by atoms with van der Waals surface area (Å²) in [5.74, 6) is -0.0304. The number of carbonyl (C=O) groups excluding carboxylic acids is 1. The Balaban J connectivity index is 1.63. The van der Waals surface area contributed by atoms with E-state index in [9.17, 15) is 4.79 Å². The van der Waals surface area contributed by atoms with Gasteiger partial charge in [-0.3, -0.25) is 4.79 Å². The average molecular weight is 273 g/mol. The number of nitrogen functional groups attached to an aromatic ring is 1. The highest BCUT2D eigenvalue weighted by molar-refractivity contribution is 7.15. The second-order valence-corrected chi connectivity index (χ2v) is 5.79. The third-order valence-corrected chi connectivity index (χ3v) is 4.26. The van der Waals surface area contributed by atoms with Crippen molar-refractivity contribution in [3.63, 3.8) is 0 Å². The number of aromatic nitrogens is 1. The first-order chi connectivity index (χ1) is 9.20. The summed E-state index contributed by atoms with van der Waals surface area (Å²) in [7, 11) is 0. The van der Waals surface area contributed by atoms with Gasteiger partial charge in [0.25, 0.3) is 0 Å². The van der Waals surface area contributed by atoms with Crippen LogP contribution < -0.4 is 11.1 Å². The molecule has 0 bridgehead atoms. The molecule has 0 aliphatic heterocycles. The van der Waals surface area contributed by atoms with Gasteiger partial charge < -0.3 is 11.1 Å². The zero-order valence-corrected chi connectivity index (χ0v) is 11.3. The molecule has 1 aliphatic rings. The molecule has 5 heteroatoms. The van der Waals surface area contributed by atoms with Crippen molar-refractivity contribution in [1.29, 1.82) is 0 Å². The third-order valence-electron chi connectivity index (χ3n) is 3.19. The number of amides is 1. The average Bonchev–Trinajstić information content (AvgIpc) is 2.92. The van der Waals surface area contributed by atoms with Gasteiger partial charge in [0, 0.05) is 10.6 Å². The predicted molar refractivity (Wildman–Crippen MR) is 77.3 cm³/mol. The summed E-state index contributed by atoms with van der Waals surface area (Å²) in [6, 6.07) is 7.36. The van der Waals surface area contributed by atoms with Crippen LogP contribution in [0.25, 0.3) is 0 Å². The fourth-order valence-electron chi connectivity index (χ4n) is 2.23. The molecule has 2 aromatic rings. The summed E-state index contributed by atoms with van der Waals surface area (Å²) in [6.45, 7) is 0. The maximum absolute atomic E-state index is 11.9. The molecule has 98 valence electrons. The number of benzene rings is 1. The zero-order valence-electron chi connectivity index (χ0n) is 10.5. The Morgan fingerprint density at radius 3 is 2.84 bits per heavy atom. The van der Waals surface area contributed by atoms with Crippen LogP contribution >= 0.6 is 11.3 Å². The molecule has 3 N–H and O–H groups in total. The molecule has 0 unspecified atom stereocenters. The number of carbonyl (C=O) groups is 1. The molecule has 0 atom stereocenters. The molecule has 1 aromatic heterocycles. The van der Waals surface area contributed by atoms with Gasteiger partial charge in [0.2, 0.25) is 5.91 Å². The fourth-order valence-corrected chi connectivity index (χ4v) is 3.29. The van der Waals surface area contributed by atoms with Crippen molar-refractivity contribution in [2.24, 2.45) is 0 Å². The summed E-state index contributed by atoms with van der Waals surface area (Å²) in [4.78, 5) is 17.7. The molecule has 3 rings (SSSR count). The largest absolute Gasteiger partial charge is 0.399 e. The summed E-state index contributed by atoms with van der Waals surface area (Å²) in [6.07, 6.45) is 3.68. The van der Waals surface area contributed by atoms with Gasteiger partial charge in [-0.2, -0.15) is 0 Å². The summed E-state index contributed by atoms with van der Waals surface area (Å²) in [5, 5.41) is 3.60. The van der Waals surface area contributed by atoms with E-state index in [2.05, 4.69) is 10.3 Å². The van der Waals surface area contributed by atoms with E-state index in [1.165, 1.54) is 11.3 Å². The minimum atomic E-state index is -0.0304. The molecule has 1 amide bonds. The number of fused-ring (bicyclic) bond motifs is 1. The highest BCUT2D eigenvalue weighted by Crippen LogP contribution is 2.30. The lowest BCUT2D eigenvalue weighted by molar-refractivity contribution is -0.115. The van der Waals surface area contributed by atoms with Crippen LogP contribution in [0.5, 0.6) is 0 Å². The summed E-state index contributed by atoms with van der Waals surface area (Å²) >= 11 is 1.60. The Morgan fingerprint density at radius 1 is 1.32 bits per heavy atom. The van der Waals surface area contributed by atoms with Gasteiger partial charge in [0.05, 0.1) is 12.1 Å². The number of rotatable bonds is 3. The van der Waals surface area contributed by atoms with Crippen LogP contribution in [0, 0.1) is 0 Å². The fraction of sp³-hybridized carbons (Fsp3) is 0.286. The molecule has 1 heterocycles. The van der Waals surface area contributed by atoms with Gasteiger partial charge in [-0.1, -0.05) is 12.1 Å². The molecule has 4 nitrogen and oxygen atoms in total. The molecule has 0 saturated carbocycles. The van der Waals surface area contributed by atoms with Gasteiger partial charge in [0.1, 0.15) is 0 Å². The van der Waals surface area contributed by atoms with Crippen LogP contribution in [0.3, 0.4) is 0 Å². The van der Waals surface area contributed by atoms with Crippen LogP contribution in [0.1, 0.15) is 22.6 Å². The number of aryl methyl sites for hydroxylation is 2. The van der Waals surface area contributed by atoms with Crippen LogP contribution in [-0.4, -0.2) is 10.9 Å². The Kier molecular flexibility index (Phi) is 3.21. The Hall–Kier alpha value is -1.88. The Labute approximate surface area is 115 Å². The molecule has 0 fully saturated rings. The summed E-state index contributed by atoms with van der Waals surface area (Å²) in [5.41, 5.74) is 8.44. The van der Waals surface area contributed by atoms with E-state index in [0.29, 0.717) is 12.1 Å². The van der Waals surface area contributed by atoms with E-state index in [-0.39, 0.29) is 5.91 Å². The van der Waals surface area contributed by atoms with Gasteiger partial charge in [-0.15, -0.1) is 11.3 Å². The number of nitrogens with one attached hydrogen (secondary N) is 1. The minimum absolute atomic E-state index is 0.0304. The third kappa shape index (κ3) is 2.76. The maximum atomic E-state index is 11.9. The first-order valence-corrected chi connectivity index (χ1v) is 7.15. The van der Waals surface area contributed by atoms with E-state index in [4.69, 9.17) is 5.73 Å². The van der Waals surface area contributed by atoms with E-state index in [0.717, 1.165) is 29.2 Å². The zero-order chi connectivity index (χ0) is 13.2. The SMILES string of the molecule is Nc1ccc(CC(=O)Nc2nc3c(s2)CCC3)cc1. The van der Waals surface area contributed by atoms with Crippen molar-refractivity contribution in [2.45, 2.75) is 25.7 Å². The highest BCUT2D eigenvalue weighted by atomic mass is 32.1. The second-order valence-electron chi connectivity index (χ2n) is 4.71. The minimum Gasteiger partial charge on any atom is -0.399 e. The molecule has 0 saturated heterocycles. The van der Waals surface area contributed by atoms with Gasteiger partial charge in [-0.25, -0.2) is 4.98 Å². The second kappa shape index (κ2) is 5.01. The van der Waals surface area contributed by atoms with Crippen LogP contribution in [-0.2, 0) is 24.1 Å². The molecular formula is C14H15N3OS. The lowest BCUT2D eigenvalue weighted by Crippen LogP contribution is -2.14. The van der Waals surface area contributed by atoms with Gasteiger partial charge >= 0.3 is 0 Å². The number of anilines is 2. The van der Waals surface area contributed by atoms with Crippen molar-refractivity contribution in [3.05, 3.63) is 40.4 Å². The van der Waals surface area contributed by atoms with Gasteiger partial charge in [0.15, 0.2) is 5.13 Å². The van der Waals surface area contributed by atoms with E-state index >= 15 is 0 Å². The van der Waals surface area contributed by atoms with Crippen molar-refractivity contribution >= 4 is 28.1 Å². The van der Waals surface area contributed by atoms with Crippen molar-refractivity contribution < 1.29 is 4.79 Å². The van der Waals surface area contributed by atoms with Crippen molar-refractivity contribution in [2.75, 3.05) is 11.1 Å². The number of nitrogens with zero attached hydrogens (tertiary/aromatic N) is 1. The smallest absolute Gasteiger partial charge is 0.230 e. The predicted octanol–water partition coefficient (Wildman–Crippen LogP) is 2.40. The Morgan fingerprint density at radius 2 is 2.11 bits per heavy atom. The topological polar surface area (TPSA) is 68.0 Å². The van der Waals surface area contributed by atoms with E-state index in [1.54, 1.807) is 23.5 Å². The summed E-state index contributed by atoms with van der Waals surface area (Å²) < 4.78 is 0. The molecule has 0 spiro atoms. The number of hydrogen-bond acceptors (Lipinski definition) is 4. The van der Waals surface area contributed by atoms with Crippen LogP contribution in [0.4, 0.5) is 10.8 Å². The molecular weight excluding hydrogens is 258 g/mol. The molecule has 1 aromatic carbocycles. The number of hydrogen-bond donors (Lipinski definition) is 2. The van der Waals surface area contributed by atoms with E-state index < -0.39 is 0 Å². The highest BCUT2D eigenvalue weighted by Gasteiger charge is 2.17. The standard InChI is InChI=1S/C14H15N3OS/c15-10-6-4-9(5-7-10)8-13(18)17-14-16-11-2-1-3-12(11)19-14/h4-7H,1-3,8,15H2,(H,16,17,18). The number of thiazole rings is 1. The lowest BCUT2D eigenvalue weighted by Gasteiger charge is -2.02. The molecule has 19 heavy (non-hydrogen) atoms. The molecule has 0 radical (unpaired) electrons. The quantitative estimate of drug-likeness (QED) is 0.844. The lowest BCUT2D eigenvalue weighted by atomic mass is 10.1. The maximum Gasteiger partial charge on any atom is 0.230 e. The van der Waals surface area contributed by atoms with Crippen molar-refractivity contribution in [3.8, 4) is 0 Å². The van der Waals surface area contributed by atoms with Crippen LogP contribution in [0.15, 0.2) is 24.3 Å². The normalized spacial score (nSPS) is 13.3. The first-order valence-electron chi connectivity index (χ1n) is 6.33. The van der Waals surface area contributed by atoms with Gasteiger partial charge in [-0.05, 0) is 37.0 Å². The Bertz CT molecular complexity index is 582. The monoisotopic (exact) mass is 273 g/mol. The molecule has 1 aliphatic carbocycles. The van der Waals surface area contributed by atoms with Crippen molar-refractivity contribution in [1.82, 2.24) is 4.98 Å².